The predicted octanol–water partition coefficient (Wildman–Crippen LogP) is 7.67. The van der Waals surface area contributed by atoms with Gasteiger partial charge in [-0.25, -0.2) is 8.78 Å². The van der Waals surface area contributed by atoms with Gasteiger partial charge in [-0.3, -0.25) is 0 Å². The predicted molar refractivity (Wildman–Crippen MR) is 109 cm³/mol. The third kappa shape index (κ3) is 4.63. The van der Waals surface area contributed by atoms with Crippen molar-refractivity contribution in [1.29, 1.82) is 0 Å². The van der Waals surface area contributed by atoms with Crippen LogP contribution in [0, 0.1) is 23.5 Å². The van der Waals surface area contributed by atoms with E-state index in [0.717, 1.165) is 42.9 Å². The number of alkyl halides is 3. The van der Waals surface area contributed by atoms with Crippen LogP contribution in [0.2, 0.25) is 0 Å². The first-order chi connectivity index (χ1) is 14.8. The van der Waals surface area contributed by atoms with Crippen molar-refractivity contribution in [3.63, 3.8) is 0 Å². The molecule has 0 bridgehead atoms. The molecule has 6 heteroatoms. The third-order valence-corrected chi connectivity index (χ3v) is 6.69. The lowest BCUT2D eigenvalue weighted by Gasteiger charge is -2.46. The van der Waals surface area contributed by atoms with Gasteiger partial charge in [-0.1, -0.05) is 31.2 Å². The minimum absolute atomic E-state index is 0.0383. The molecule has 0 unspecified atom stereocenters. The zero-order valence-corrected chi connectivity index (χ0v) is 17.3. The van der Waals surface area contributed by atoms with Gasteiger partial charge in [0.1, 0.15) is 17.4 Å². The Bertz CT molecular complexity index is 948. The molecule has 0 amide bonds. The smallest absolute Gasteiger partial charge is 0.406 e. The summed E-state index contributed by atoms with van der Waals surface area (Å²) in [6, 6.07) is 8.51. The van der Waals surface area contributed by atoms with Crippen LogP contribution in [0.15, 0.2) is 48.6 Å². The second-order valence-corrected chi connectivity index (χ2v) is 8.48. The maximum absolute atomic E-state index is 14.4. The number of ether oxygens (including phenoxy) is 1. The second-order valence-electron chi connectivity index (χ2n) is 8.48. The van der Waals surface area contributed by atoms with E-state index in [-0.39, 0.29) is 29.4 Å². The number of hydrogen-bond donors (Lipinski definition) is 0. The molecule has 0 saturated heterocycles. The van der Waals surface area contributed by atoms with Gasteiger partial charge in [0.15, 0.2) is 0 Å². The Labute approximate surface area is 178 Å². The monoisotopic (exact) mass is 436 g/mol. The summed E-state index contributed by atoms with van der Waals surface area (Å²) < 4.78 is 70.0. The molecular weight excluding hydrogens is 411 g/mol. The summed E-state index contributed by atoms with van der Waals surface area (Å²) in [5, 5.41) is 0. The molecule has 0 aromatic heterocycles. The van der Waals surface area contributed by atoms with E-state index in [1.165, 1.54) is 18.2 Å². The van der Waals surface area contributed by atoms with Crippen LogP contribution in [-0.4, -0.2) is 6.36 Å². The minimum atomic E-state index is -4.73. The molecule has 2 aliphatic carbocycles. The van der Waals surface area contributed by atoms with Gasteiger partial charge in [0, 0.05) is 6.07 Å². The minimum Gasteiger partial charge on any atom is -0.406 e. The Kier molecular flexibility index (Phi) is 6.09. The molecule has 2 aromatic carbocycles. The molecule has 2 aromatic rings. The zero-order valence-electron chi connectivity index (χ0n) is 17.3. The van der Waals surface area contributed by atoms with Crippen LogP contribution in [0.4, 0.5) is 22.0 Å². The van der Waals surface area contributed by atoms with Crippen molar-refractivity contribution >= 4 is 0 Å². The van der Waals surface area contributed by atoms with Crippen molar-refractivity contribution in [1.82, 2.24) is 0 Å². The highest BCUT2D eigenvalue weighted by Gasteiger charge is 2.43. The fraction of sp³-hybridized carbons (Fsp3) is 0.440. The number of rotatable bonds is 4. The standard InChI is InChI=1S/C25H25F5O/c1-2-3-4-15-7-10-19-21(12-11-20-22(19)13-17(26)14-23(20)27)24(15)16-5-8-18(9-6-16)31-25(28,29)30/h3-6,8-9,13-15,19,21,24H,2,7,10-12H2,1H3/t15-,19-,21+,24-/m1/s1. The lowest BCUT2D eigenvalue weighted by atomic mass is 9.58. The quantitative estimate of drug-likeness (QED) is 0.353. The van der Waals surface area contributed by atoms with Crippen LogP contribution < -0.4 is 4.74 Å². The van der Waals surface area contributed by atoms with Gasteiger partial charge < -0.3 is 4.74 Å². The van der Waals surface area contributed by atoms with E-state index in [0.29, 0.717) is 12.0 Å². The first-order valence-corrected chi connectivity index (χ1v) is 10.8. The first kappa shape index (κ1) is 21.8. The van der Waals surface area contributed by atoms with E-state index < -0.39 is 18.0 Å². The van der Waals surface area contributed by atoms with Crippen LogP contribution >= 0.6 is 0 Å². The fourth-order valence-corrected chi connectivity index (χ4v) is 5.54. The molecule has 0 aliphatic heterocycles. The molecule has 1 nitrogen and oxygen atoms in total. The topological polar surface area (TPSA) is 9.23 Å². The van der Waals surface area contributed by atoms with Gasteiger partial charge in [0.05, 0.1) is 0 Å². The highest BCUT2D eigenvalue weighted by Crippen LogP contribution is 2.54. The van der Waals surface area contributed by atoms with E-state index in [4.69, 9.17) is 0 Å². The van der Waals surface area contributed by atoms with Crippen molar-refractivity contribution in [2.24, 2.45) is 11.8 Å². The molecule has 0 radical (unpaired) electrons. The number of fused-ring (bicyclic) bond motifs is 3. The van der Waals surface area contributed by atoms with Crippen LogP contribution in [0.1, 0.15) is 61.1 Å². The average molecular weight is 436 g/mol. The zero-order chi connectivity index (χ0) is 22.2. The van der Waals surface area contributed by atoms with Gasteiger partial charge in [-0.2, -0.15) is 0 Å². The van der Waals surface area contributed by atoms with Crippen molar-refractivity contribution in [3.05, 3.63) is 76.9 Å². The lowest BCUT2D eigenvalue weighted by molar-refractivity contribution is -0.274. The molecule has 166 valence electrons. The summed E-state index contributed by atoms with van der Waals surface area (Å²) in [7, 11) is 0. The number of halogens is 5. The Morgan fingerprint density at radius 2 is 1.77 bits per heavy atom. The van der Waals surface area contributed by atoms with Crippen LogP contribution in [-0.2, 0) is 6.42 Å². The highest BCUT2D eigenvalue weighted by molar-refractivity contribution is 5.39. The largest absolute Gasteiger partial charge is 0.573 e. The number of hydrogen-bond acceptors (Lipinski definition) is 1. The van der Waals surface area contributed by atoms with Gasteiger partial charge in [-0.15, -0.1) is 13.2 Å². The molecular formula is C25H25F5O. The van der Waals surface area contributed by atoms with E-state index in [1.54, 1.807) is 12.1 Å². The summed E-state index contributed by atoms with van der Waals surface area (Å²) in [5.74, 6) is -0.777. The average Bonchev–Trinajstić information content (AvgIpc) is 2.71. The molecule has 1 saturated carbocycles. The van der Waals surface area contributed by atoms with Crippen LogP contribution in [0.3, 0.4) is 0 Å². The Balaban J connectivity index is 1.69. The maximum Gasteiger partial charge on any atom is 0.573 e. The first-order valence-electron chi connectivity index (χ1n) is 10.8. The van der Waals surface area contributed by atoms with E-state index in [9.17, 15) is 22.0 Å². The van der Waals surface area contributed by atoms with E-state index in [1.807, 2.05) is 0 Å². The van der Waals surface area contributed by atoms with Gasteiger partial charge in [-0.05, 0) is 90.7 Å². The summed E-state index contributed by atoms with van der Waals surface area (Å²) in [6.07, 6.45) is 3.49. The number of allylic oxidation sites excluding steroid dienone is 2. The van der Waals surface area contributed by atoms with Crippen LogP contribution in [0.5, 0.6) is 5.75 Å². The Morgan fingerprint density at radius 3 is 2.45 bits per heavy atom. The van der Waals surface area contributed by atoms with E-state index in [2.05, 4.69) is 23.8 Å². The lowest BCUT2D eigenvalue weighted by Crippen LogP contribution is -2.35. The van der Waals surface area contributed by atoms with Crippen molar-refractivity contribution < 1.29 is 26.7 Å². The molecule has 1 fully saturated rings. The maximum atomic E-state index is 14.4. The fourth-order valence-electron chi connectivity index (χ4n) is 5.54. The molecule has 31 heavy (non-hydrogen) atoms. The van der Waals surface area contributed by atoms with E-state index >= 15 is 0 Å². The summed E-state index contributed by atoms with van der Waals surface area (Å²) >= 11 is 0. The molecule has 2 aliphatic rings. The molecule has 0 N–H and O–H groups in total. The summed E-state index contributed by atoms with van der Waals surface area (Å²) in [5.41, 5.74) is 2.31. The normalized spacial score (nSPS) is 25.9. The molecule has 0 heterocycles. The third-order valence-electron chi connectivity index (χ3n) is 6.69. The molecule has 4 rings (SSSR count). The van der Waals surface area contributed by atoms with Gasteiger partial charge in [0.25, 0.3) is 0 Å². The molecule has 0 spiro atoms. The second kappa shape index (κ2) is 8.64. The Morgan fingerprint density at radius 1 is 1.03 bits per heavy atom. The van der Waals surface area contributed by atoms with Crippen LogP contribution in [0.25, 0.3) is 0 Å². The van der Waals surface area contributed by atoms with Gasteiger partial charge in [0.2, 0.25) is 0 Å². The number of benzene rings is 2. The molecule has 4 atom stereocenters. The van der Waals surface area contributed by atoms with Crippen molar-refractivity contribution in [2.75, 3.05) is 0 Å². The van der Waals surface area contributed by atoms with Crippen molar-refractivity contribution in [3.8, 4) is 5.75 Å². The summed E-state index contributed by atoms with van der Waals surface area (Å²) in [6.45, 7) is 2.06. The van der Waals surface area contributed by atoms with Gasteiger partial charge >= 0.3 is 6.36 Å². The Hall–Kier alpha value is -2.37. The summed E-state index contributed by atoms with van der Waals surface area (Å²) in [4.78, 5) is 0. The SMILES string of the molecule is CCC=C[C@@H]1CC[C@H]2c3cc(F)cc(F)c3CC[C@@H]2[C@H]1c1ccc(OC(F)(F)F)cc1. The van der Waals surface area contributed by atoms with Crippen molar-refractivity contribution in [2.45, 2.75) is 57.2 Å². The highest BCUT2D eigenvalue weighted by atomic mass is 19.4.